The normalized spacial score (nSPS) is 24.9. The zero-order valence-corrected chi connectivity index (χ0v) is 17.6. The third-order valence-electron chi connectivity index (χ3n) is 5.68. The Morgan fingerprint density at radius 3 is 2.69 bits per heavy atom. The van der Waals surface area contributed by atoms with E-state index in [4.69, 9.17) is 14.7 Å². The number of imidazole rings is 1. The Morgan fingerprint density at radius 2 is 1.92 bits per heavy atom. The van der Waals surface area contributed by atoms with E-state index in [1.807, 2.05) is 23.5 Å². The van der Waals surface area contributed by atoms with Gasteiger partial charge in [0, 0.05) is 35.8 Å². The van der Waals surface area contributed by atoms with Gasteiger partial charge in [0.25, 0.3) is 0 Å². The van der Waals surface area contributed by atoms with Crippen LogP contribution in [0.25, 0.3) is 0 Å². The van der Waals surface area contributed by atoms with Gasteiger partial charge >= 0.3 is 0 Å². The number of amidine groups is 1. The molecule has 0 aromatic carbocycles. The van der Waals surface area contributed by atoms with Gasteiger partial charge in [-0.2, -0.15) is 0 Å². The molecule has 0 radical (unpaired) electrons. The third-order valence-corrected chi connectivity index (χ3v) is 8.25. The summed E-state index contributed by atoms with van der Waals surface area (Å²) in [7, 11) is 0. The second-order valence-corrected chi connectivity index (χ2v) is 9.76. The Bertz CT molecular complexity index is 648. The van der Waals surface area contributed by atoms with E-state index < -0.39 is 0 Å². The van der Waals surface area contributed by atoms with Crippen LogP contribution in [0.1, 0.15) is 49.5 Å². The molecule has 1 saturated carbocycles. The van der Waals surface area contributed by atoms with Gasteiger partial charge in [0.1, 0.15) is 0 Å². The molecule has 2 aliphatic heterocycles. The number of hydrogen-bond donors (Lipinski definition) is 0. The second-order valence-electron chi connectivity index (χ2n) is 7.50. The van der Waals surface area contributed by atoms with Crippen LogP contribution in [0.3, 0.4) is 0 Å². The second kappa shape index (κ2) is 8.57. The smallest absolute Gasteiger partial charge is 0.168 e. The first kappa shape index (κ1) is 18.7. The Hall–Kier alpha value is -0.660. The van der Waals surface area contributed by atoms with Gasteiger partial charge < -0.3 is 14.2 Å². The van der Waals surface area contributed by atoms with Gasteiger partial charge in [-0.3, -0.25) is 4.99 Å². The topological polar surface area (TPSA) is 42.6 Å². The van der Waals surface area contributed by atoms with E-state index in [0.29, 0.717) is 11.3 Å². The molecule has 1 saturated heterocycles. The summed E-state index contributed by atoms with van der Waals surface area (Å²) in [6.07, 6.45) is 6.74. The average Bonchev–Trinajstić information content (AvgIpc) is 3.26. The SMILES string of the molecule is Cc1nc(SC[C@@H]2CN=C(N3CCOCC3)S2)n(C2CCCCC2)c1C. The lowest BCUT2D eigenvalue weighted by molar-refractivity contribution is 0.0693. The maximum atomic E-state index is 5.45. The quantitative estimate of drug-likeness (QED) is 0.725. The van der Waals surface area contributed by atoms with Gasteiger partial charge in [-0.1, -0.05) is 42.8 Å². The molecule has 1 atom stereocenters. The molecule has 0 amide bonds. The summed E-state index contributed by atoms with van der Waals surface area (Å²) in [6, 6.07) is 0.656. The molecule has 5 nitrogen and oxygen atoms in total. The number of aryl methyl sites for hydroxylation is 1. The van der Waals surface area contributed by atoms with Crippen LogP contribution in [0, 0.1) is 13.8 Å². The fourth-order valence-electron chi connectivity index (χ4n) is 4.05. The Kier molecular flexibility index (Phi) is 6.16. The molecule has 3 heterocycles. The molecule has 0 N–H and O–H groups in total. The highest BCUT2D eigenvalue weighted by Gasteiger charge is 2.27. The molecule has 3 aliphatic rings. The number of hydrogen-bond acceptors (Lipinski definition) is 6. The number of ether oxygens (including phenoxy) is 1. The molecule has 1 aromatic rings. The van der Waals surface area contributed by atoms with E-state index in [2.05, 4.69) is 23.3 Å². The monoisotopic (exact) mass is 394 g/mol. The Balaban J connectivity index is 1.36. The minimum atomic E-state index is 0.565. The standard InChI is InChI=1S/C19H30N4OS2/c1-14-15(2)23(16-6-4-3-5-7-16)19(21-14)25-13-17-12-20-18(26-17)22-8-10-24-11-9-22/h16-17H,3-13H2,1-2H3/t17-/m0/s1. The molecule has 26 heavy (non-hydrogen) atoms. The van der Waals surface area contributed by atoms with Crippen LogP contribution < -0.4 is 0 Å². The van der Waals surface area contributed by atoms with Crippen molar-refractivity contribution in [3.8, 4) is 0 Å². The van der Waals surface area contributed by atoms with E-state index >= 15 is 0 Å². The first-order valence-corrected chi connectivity index (χ1v) is 11.8. The van der Waals surface area contributed by atoms with Crippen molar-refractivity contribution in [2.24, 2.45) is 4.99 Å². The minimum Gasteiger partial charge on any atom is -0.378 e. The van der Waals surface area contributed by atoms with Gasteiger partial charge in [0.05, 0.1) is 25.5 Å². The predicted octanol–water partition coefficient (Wildman–Crippen LogP) is 3.90. The van der Waals surface area contributed by atoms with E-state index in [-0.39, 0.29) is 0 Å². The number of thioether (sulfide) groups is 2. The molecule has 2 fully saturated rings. The van der Waals surface area contributed by atoms with Gasteiger partial charge in [0.15, 0.2) is 10.3 Å². The molecule has 0 spiro atoms. The summed E-state index contributed by atoms with van der Waals surface area (Å²) in [5.74, 6) is 1.09. The zero-order valence-electron chi connectivity index (χ0n) is 15.9. The maximum Gasteiger partial charge on any atom is 0.168 e. The highest BCUT2D eigenvalue weighted by molar-refractivity contribution is 8.15. The fourth-order valence-corrected chi connectivity index (χ4v) is 6.53. The van der Waals surface area contributed by atoms with E-state index in [1.165, 1.54) is 53.8 Å². The van der Waals surface area contributed by atoms with E-state index in [1.54, 1.807) is 0 Å². The summed E-state index contributed by atoms with van der Waals surface area (Å²) in [6.45, 7) is 8.96. The Labute approximate surface area is 165 Å². The van der Waals surface area contributed by atoms with Gasteiger partial charge in [-0.25, -0.2) is 4.98 Å². The number of rotatable bonds is 4. The summed E-state index contributed by atoms with van der Waals surface area (Å²) >= 11 is 3.89. The average molecular weight is 395 g/mol. The minimum absolute atomic E-state index is 0.565. The van der Waals surface area contributed by atoms with Crippen molar-refractivity contribution in [3.63, 3.8) is 0 Å². The van der Waals surface area contributed by atoms with Gasteiger partial charge in [-0.05, 0) is 26.7 Å². The van der Waals surface area contributed by atoms with E-state index in [0.717, 1.165) is 38.6 Å². The van der Waals surface area contributed by atoms with Crippen molar-refractivity contribution in [3.05, 3.63) is 11.4 Å². The van der Waals surface area contributed by atoms with Crippen molar-refractivity contribution >= 4 is 28.7 Å². The van der Waals surface area contributed by atoms with E-state index in [9.17, 15) is 0 Å². The molecule has 144 valence electrons. The molecule has 7 heteroatoms. The van der Waals surface area contributed by atoms with Crippen LogP contribution >= 0.6 is 23.5 Å². The highest BCUT2D eigenvalue weighted by Crippen LogP contribution is 2.36. The first-order chi connectivity index (χ1) is 12.7. The fraction of sp³-hybridized carbons (Fsp3) is 0.789. The summed E-state index contributed by atoms with van der Waals surface area (Å²) < 4.78 is 8.00. The van der Waals surface area contributed by atoms with Crippen LogP contribution in [-0.4, -0.2) is 63.5 Å². The molecular formula is C19H30N4OS2. The highest BCUT2D eigenvalue weighted by atomic mass is 32.2. The molecule has 4 rings (SSSR count). The maximum absolute atomic E-state index is 5.45. The lowest BCUT2D eigenvalue weighted by atomic mass is 9.95. The summed E-state index contributed by atoms with van der Waals surface area (Å²) in [5, 5.41) is 3.02. The summed E-state index contributed by atoms with van der Waals surface area (Å²) in [5.41, 5.74) is 2.56. The molecule has 1 aromatic heterocycles. The van der Waals surface area contributed by atoms with Crippen molar-refractivity contribution in [2.75, 3.05) is 38.6 Å². The number of aromatic nitrogens is 2. The number of aliphatic imine (C=N–C) groups is 1. The zero-order chi connectivity index (χ0) is 17.9. The van der Waals surface area contributed by atoms with Crippen LogP contribution in [0.4, 0.5) is 0 Å². The Morgan fingerprint density at radius 1 is 1.15 bits per heavy atom. The molecule has 0 bridgehead atoms. The lowest BCUT2D eigenvalue weighted by Gasteiger charge is -2.28. The van der Waals surface area contributed by atoms with Crippen LogP contribution in [0.15, 0.2) is 10.1 Å². The molecule has 0 unspecified atom stereocenters. The molecule has 1 aliphatic carbocycles. The van der Waals surface area contributed by atoms with Crippen LogP contribution in [0.5, 0.6) is 0 Å². The third kappa shape index (κ3) is 4.09. The van der Waals surface area contributed by atoms with Crippen molar-refractivity contribution in [1.29, 1.82) is 0 Å². The molecular weight excluding hydrogens is 364 g/mol. The predicted molar refractivity (Wildman–Crippen MR) is 111 cm³/mol. The van der Waals surface area contributed by atoms with Gasteiger partial charge in [-0.15, -0.1) is 0 Å². The number of morpholine rings is 1. The van der Waals surface area contributed by atoms with Crippen molar-refractivity contribution in [1.82, 2.24) is 14.5 Å². The van der Waals surface area contributed by atoms with Crippen molar-refractivity contribution < 1.29 is 4.74 Å². The van der Waals surface area contributed by atoms with Crippen LogP contribution in [0.2, 0.25) is 0 Å². The lowest BCUT2D eigenvalue weighted by Crippen LogP contribution is -2.39. The van der Waals surface area contributed by atoms with Crippen molar-refractivity contribution in [2.45, 2.75) is 62.4 Å². The van der Waals surface area contributed by atoms with Crippen LogP contribution in [-0.2, 0) is 4.74 Å². The number of nitrogens with zero attached hydrogens (tertiary/aromatic N) is 4. The first-order valence-electron chi connectivity index (χ1n) is 9.94. The largest absolute Gasteiger partial charge is 0.378 e. The summed E-state index contributed by atoms with van der Waals surface area (Å²) in [4.78, 5) is 12.1. The van der Waals surface area contributed by atoms with Gasteiger partial charge in [0.2, 0.25) is 0 Å².